The number of nitrogens with zero attached hydrogens (tertiary/aromatic N) is 5. The minimum Gasteiger partial charge on any atom is -0.481 e. The zero-order chi connectivity index (χ0) is 22.9. The van der Waals surface area contributed by atoms with E-state index in [1.165, 1.54) is 12.4 Å². The molecule has 4 rings (SSSR count). The van der Waals surface area contributed by atoms with Crippen molar-refractivity contribution in [1.82, 2.24) is 24.5 Å². The second-order valence-corrected chi connectivity index (χ2v) is 7.43. The van der Waals surface area contributed by atoms with Crippen LogP contribution in [0.15, 0.2) is 48.9 Å². The van der Waals surface area contributed by atoms with E-state index in [4.69, 9.17) is 9.72 Å². The van der Waals surface area contributed by atoms with Gasteiger partial charge >= 0.3 is 6.18 Å². The van der Waals surface area contributed by atoms with Crippen molar-refractivity contribution in [2.75, 3.05) is 12.4 Å². The van der Waals surface area contributed by atoms with E-state index in [0.717, 1.165) is 17.7 Å². The van der Waals surface area contributed by atoms with Gasteiger partial charge < -0.3 is 14.6 Å². The summed E-state index contributed by atoms with van der Waals surface area (Å²) in [6.45, 7) is 4.18. The molecule has 0 atom stereocenters. The standard InChI is InChI=1S/C22H21F3N6O/c1-13(2)31-20(15-7-8-17(32-3)26-11-15)30-18-19(28-12-29-21(18)31)27-10-14-5-4-6-16(9-14)22(23,24)25/h4-9,11-13H,10H2,1-3H3,(H,27,28,29). The quantitative estimate of drug-likeness (QED) is 0.447. The number of anilines is 1. The molecule has 1 N–H and O–H groups in total. The predicted octanol–water partition coefficient (Wildman–Crippen LogP) is 5.11. The van der Waals surface area contributed by atoms with Gasteiger partial charge in [0.2, 0.25) is 5.88 Å². The van der Waals surface area contributed by atoms with Gasteiger partial charge in [0.1, 0.15) is 12.2 Å². The average molecular weight is 442 g/mol. The normalized spacial score (nSPS) is 11.8. The van der Waals surface area contributed by atoms with Gasteiger partial charge in [0.25, 0.3) is 0 Å². The van der Waals surface area contributed by atoms with Crippen LogP contribution in [0.4, 0.5) is 19.0 Å². The number of aromatic nitrogens is 5. The van der Waals surface area contributed by atoms with Crippen molar-refractivity contribution >= 4 is 17.0 Å². The Labute approximate surface area is 182 Å². The molecule has 3 aromatic heterocycles. The lowest BCUT2D eigenvalue weighted by Crippen LogP contribution is -2.08. The largest absolute Gasteiger partial charge is 0.481 e. The molecule has 0 aliphatic carbocycles. The fourth-order valence-electron chi connectivity index (χ4n) is 3.41. The second-order valence-electron chi connectivity index (χ2n) is 7.43. The molecule has 0 saturated heterocycles. The number of benzene rings is 1. The molecule has 0 fully saturated rings. The molecular formula is C22H21F3N6O. The number of halogens is 3. The molecule has 3 heterocycles. The minimum absolute atomic E-state index is 0.0447. The minimum atomic E-state index is -4.39. The summed E-state index contributed by atoms with van der Waals surface area (Å²) in [5.74, 6) is 1.59. The highest BCUT2D eigenvalue weighted by Crippen LogP contribution is 2.31. The van der Waals surface area contributed by atoms with Gasteiger partial charge in [0.15, 0.2) is 17.0 Å². The molecule has 166 valence electrons. The first kappa shape index (κ1) is 21.5. The van der Waals surface area contributed by atoms with Crippen LogP contribution in [0.25, 0.3) is 22.6 Å². The summed E-state index contributed by atoms with van der Waals surface area (Å²) in [5.41, 5.74) is 1.71. The maximum absolute atomic E-state index is 13.0. The van der Waals surface area contributed by atoms with Crippen molar-refractivity contribution in [3.05, 3.63) is 60.0 Å². The molecule has 0 saturated carbocycles. The molecule has 0 amide bonds. The van der Waals surface area contributed by atoms with Crippen LogP contribution in [0.5, 0.6) is 5.88 Å². The highest BCUT2D eigenvalue weighted by atomic mass is 19.4. The predicted molar refractivity (Wildman–Crippen MR) is 114 cm³/mol. The van der Waals surface area contributed by atoms with Crippen molar-refractivity contribution in [2.45, 2.75) is 32.6 Å². The number of methoxy groups -OCH3 is 1. The number of nitrogens with one attached hydrogen (secondary N) is 1. The van der Waals surface area contributed by atoms with E-state index in [1.807, 2.05) is 24.5 Å². The monoisotopic (exact) mass is 442 g/mol. The van der Waals surface area contributed by atoms with Crippen LogP contribution in [0.2, 0.25) is 0 Å². The first-order chi connectivity index (χ1) is 15.3. The number of ether oxygens (including phenoxy) is 1. The third kappa shape index (κ3) is 4.20. The highest BCUT2D eigenvalue weighted by Gasteiger charge is 2.30. The van der Waals surface area contributed by atoms with Crippen LogP contribution >= 0.6 is 0 Å². The smallest absolute Gasteiger partial charge is 0.416 e. The molecule has 1 aromatic carbocycles. The summed E-state index contributed by atoms with van der Waals surface area (Å²) in [6.07, 6.45) is -1.31. The Morgan fingerprint density at radius 3 is 2.56 bits per heavy atom. The number of hydrogen-bond acceptors (Lipinski definition) is 6. The molecule has 0 radical (unpaired) electrons. The lowest BCUT2D eigenvalue weighted by molar-refractivity contribution is -0.137. The van der Waals surface area contributed by atoms with Gasteiger partial charge in [0.05, 0.1) is 12.7 Å². The van der Waals surface area contributed by atoms with Crippen LogP contribution in [0, 0.1) is 0 Å². The number of alkyl halides is 3. The van der Waals surface area contributed by atoms with Gasteiger partial charge in [-0.1, -0.05) is 12.1 Å². The fourth-order valence-corrected chi connectivity index (χ4v) is 3.41. The van der Waals surface area contributed by atoms with Crippen LogP contribution in [0.3, 0.4) is 0 Å². The van der Waals surface area contributed by atoms with E-state index in [2.05, 4.69) is 20.3 Å². The molecule has 10 heteroatoms. The lowest BCUT2D eigenvalue weighted by atomic mass is 10.1. The van der Waals surface area contributed by atoms with Gasteiger partial charge in [-0.3, -0.25) is 0 Å². The number of rotatable bonds is 6. The van der Waals surface area contributed by atoms with Crippen molar-refractivity contribution < 1.29 is 17.9 Å². The first-order valence-corrected chi connectivity index (χ1v) is 9.91. The summed E-state index contributed by atoms with van der Waals surface area (Å²) >= 11 is 0. The second kappa shape index (κ2) is 8.45. The molecule has 4 aromatic rings. The summed E-state index contributed by atoms with van der Waals surface area (Å²) in [5, 5.41) is 3.10. The molecule has 0 spiro atoms. The molecule has 0 aliphatic rings. The number of hydrogen-bond donors (Lipinski definition) is 1. The van der Waals surface area contributed by atoms with Crippen LogP contribution in [-0.4, -0.2) is 31.6 Å². The SMILES string of the molecule is COc1ccc(-c2nc3c(NCc4cccc(C(F)(F)F)c4)ncnc3n2C(C)C)cn1. The maximum atomic E-state index is 13.0. The van der Waals surface area contributed by atoms with Crippen molar-refractivity contribution in [2.24, 2.45) is 0 Å². The fraction of sp³-hybridized carbons (Fsp3) is 0.273. The van der Waals surface area contributed by atoms with Crippen LogP contribution < -0.4 is 10.1 Å². The molecule has 7 nitrogen and oxygen atoms in total. The topological polar surface area (TPSA) is 77.8 Å². The third-order valence-corrected chi connectivity index (χ3v) is 4.91. The van der Waals surface area contributed by atoms with E-state index in [-0.39, 0.29) is 12.6 Å². The Kier molecular flexibility index (Phi) is 5.68. The molecule has 32 heavy (non-hydrogen) atoms. The highest BCUT2D eigenvalue weighted by molar-refractivity contribution is 5.86. The Morgan fingerprint density at radius 2 is 1.91 bits per heavy atom. The van der Waals surface area contributed by atoms with Gasteiger partial charge in [-0.25, -0.2) is 19.9 Å². The van der Waals surface area contributed by atoms with E-state index in [0.29, 0.717) is 34.2 Å². The van der Waals surface area contributed by atoms with Gasteiger partial charge in [-0.05, 0) is 37.6 Å². The van der Waals surface area contributed by atoms with Crippen molar-refractivity contribution in [3.63, 3.8) is 0 Å². The van der Waals surface area contributed by atoms with Crippen molar-refractivity contribution in [3.8, 4) is 17.3 Å². The lowest BCUT2D eigenvalue weighted by Gasteiger charge is -2.12. The third-order valence-electron chi connectivity index (χ3n) is 4.91. The number of pyridine rings is 1. The zero-order valence-corrected chi connectivity index (χ0v) is 17.7. The summed E-state index contributed by atoms with van der Waals surface area (Å²) < 4.78 is 46.1. The van der Waals surface area contributed by atoms with Gasteiger partial charge in [-0.2, -0.15) is 13.2 Å². The molecule has 0 unspecified atom stereocenters. The van der Waals surface area contributed by atoms with E-state index in [9.17, 15) is 13.2 Å². The molecule has 0 aliphatic heterocycles. The van der Waals surface area contributed by atoms with E-state index in [1.54, 1.807) is 25.4 Å². The average Bonchev–Trinajstić information content (AvgIpc) is 3.18. The molecular weight excluding hydrogens is 421 g/mol. The van der Waals surface area contributed by atoms with Crippen molar-refractivity contribution in [1.29, 1.82) is 0 Å². The van der Waals surface area contributed by atoms with Crippen LogP contribution in [0.1, 0.15) is 31.0 Å². The Balaban J connectivity index is 1.70. The van der Waals surface area contributed by atoms with Gasteiger partial charge in [-0.15, -0.1) is 0 Å². The molecule has 0 bridgehead atoms. The summed E-state index contributed by atoms with van der Waals surface area (Å²) in [6, 6.07) is 8.83. The summed E-state index contributed by atoms with van der Waals surface area (Å²) in [7, 11) is 1.54. The number of fused-ring (bicyclic) bond motifs is 1. The Hall–Kier alpha value is -3.69. The zero-order valence-electron chi connectivity index (χ0n) is 17.7. The first-order valence-electron chi connectivity index (χ1n) is 9.91. The Morgan fingerprint density at radius 1 is 1.09 bits per heavy atom. The van der Waals surface area contributed by atoms with Gasteiger partial charge in [0, 0.05) is 30.4 Å². The van der Waals surface area contributed by atoms with E-state index >= 15 is 0 Å². The number of imidazole rings is 1. The Bertz CT molecular complexity index is 1230. The summed E-state index contributed by atoms with van der Waals surface area (Å²) in [4.78, 5) is 17.7. The van der Waals surface area contributed by atoms with E-state index < -0.39 is 11.7 Å². The van der Waals surface area contributed by atoms with Crippen LogP contribution in [-0.2, 0) is 12.7 Å². The maximum Gasteiger partial charge on any atom is 0.416 e.